The summed E-state index contributed by atoms with van der Waals surface area (Å²) in [7, 11) is 0. The molecular formula is C29H29F2N3O6S. The Morgan fingerprint density at radius 2 is 1.95 bits per heavy atom. The molecule has 0 radical (unpaired) electrons. The molecule has 2 aromatic carbocycles. The second-order valence-corrected chi connectivity index (χ2v) is 12.0. The molecule has 0 aliphatic carbocycles. The fourth-order valence-corrected chi connectivity index (χ4v) is 7.60. The highest BCUT2D eigenvalue weighted by atomic mass is 32.2. The van der Waals surface area contributed by atoms with Crippen LogP contribution in [-0.4, -0.2) is 74.1 Å². The molecule has 2 fully saturated rings. The van der Waals surface area contributed by atoms with E-state index >= 15 is 0 Å². The summed E-state index contributed by atoms with van der Waals surface area (Å²) in [4.78, 5) is 53.2. The molecule has 2 aromatic rings. The van der Waals surface area contributed by atoms with Crippen molar-refractivity contribution in [2.75, 3.05) is 11.9 Å². The average molecular weight is 586 g/mol. The minimum absolute atomic E-state index is 0.0971. The summed E-state index contributed by atoms with van der Waals surface area (Å²) < 4.78 is 27.5. The first kappa shape index (κ1) is 28.9. The SMILES string of the molecule is C[C@@H](O)[C@H]1C(=O)N2C(C(=O)O)=C(S[C@H]3C[C@@H](C(=O)Nc4cccc(C=O)c4)N(Cc4ccc(F)c(F)c4)C3)[C@H](C)[C@H]12. The molecule has 3 aliphatic rings. The number of aliphatic hydroxyl groups excluding tert-OH is 1. The number of hydrogen-bond acceptors (Lipinski definition) is 7. The summed E-state index contributed by atoms with van der Waals surface area (Å²) in [6.07, 6.45) is 0.0593. The van der Waals surface area contributed by atoms with Crippen LogP contribution in [0, 0.1) is 23.5 Å². The number of carboxylic acids is 1. The number of thioether (sulfide) groups is 1. The maximum Gasteiger partial charge on any atom is 0.353 e. The predicted octanol–water partition coefficient (Wildman–Crippen LogP) is 3.25. The average Bonchev–Trinajstić information content (AvgIpc) is 3.42. The largest absolute Gasteiger partial charge is 0.477 e. The molecule has 2 saturated heterocycles. The lowest BCUT2D eigenvalue weighted by Crippen LogP contribution is -2.63. The van der Waals surface area contributed by atoms with Gasteiger partial charge in [-0.05, 0) is 43.2 Å². The van der Waals surface area contributed by atoms with E-state index in [-0.39, 0.29) is 29.3 Å². The summed E-state index contributed by atoms with van der Waals surface area (Å²) in [5, 5.41) is 22.7. The Kier molecular flexibility index (Phi) is 8.00. The van der Waals surface area contributed by atoms with Gasteiger partial charge in [-0.2, -0.15) is 0 Å². The van der Waals surface area contributed by atoms with Crippen LogP contribution in [0.2, 0.25) is 0 Å². The van der Waals surface area contributed by atoms with E-state index in [1.165, 1.54) is 35.7 Å². The summed E-state index contributed by atoms with van der Waals surface area (Å²) >= 11 is 1.30. The number of anilines is 1. The van der Waals surface area contributed by atoms with Gasteiger partial charge in [-0.15, -0.1) is 11.8 Å². The lowest BCUT2D eigenvalue weighted by atomic mass is 9.79. The Morgan fingerprint density at radius 1 is 1.20 bits per heavy atom. The van der Waals surface area contributed by atoms with Crippen molar-refractivity contribution in [1.29, 1.82) is 0 Å². The number of likely N-dealkylation sites (tertiary alicyclic amines) is 1. The molecule has 3 heterocycles. The summed E-state index contributed by atoms with van der Waals surface area (Å²) in [6, 6.07) is 8.82. The van der Waals surface area contributed by atoms with E-state index in [2.05, 4.69) is 5.32 Å². The van der Waals surface area contributed by atoms with Crippen molar-refractivity contribution >= 4 is 41.5 Å². The third-order valence-electron chi connectivity index (χ3n) is 7.93. The lowest BCUT2D eigenvalue weighted by molar-refractivity contribution is -0.163. The van der Waals surface area contributed by atoms with Gasteiger partial charge in [0.25, 0.3) is 0 Å². The number of halogens is 2. The van der Waals surface area contributed by atoms with Gasteiger partial charge in [0.05, 0.1) is 24.1 Å². The van der Waals surface area contributed by atoms with E-state index in [4.69, 9.17) is 0 Å². The van der Waals surface area contributed by atoms with Crippen LogP contribution in [0.4, 0.5) is 14.5 Å². The Hall–Kier alpha value is -3.61. The zero-order chi connectivity index (χ0) is 29.6. The van der Waals surface area contributed by atoms with Crippen molar-refractivity contribution in [3.63, 3.8) is 0 Å². The topological polar surface area (TPSA) is 127 Å². The second kappa shape index (κ2) is 11.3. The molecule has 0 spiro atoms. The zero-order valence-electron chi connectivity index (χ0n) is 22.3. The van der Waals surface area contributed by atoms with Gasteiger partial charge in [0.15, 0.2) is 11.6 Å². The third-order valence-corrected chi connectivity index (χ3v) is 9.43. The fourth-order valence-electron chi connectivity index (χ4n) is 6.04. The van der Waals surface area contributed by atoms with E-state index in [0.29, 0.717) is 41.0 Å². The van der Waals surface area contributed by atoms with E-state index in [1.54, 1.807) is 18.2 Å². The molecule has 5 rings (SSSR count). The van der Waals surface area contributed by atoms with Crippen molar-refractivity contribution in [3.05, 3.63) is 75.8 Å². The van der Waals surface area contributed by atoms with E-state index in [0.717, 1.165) is 12.1 Å². The van der Waals surface area contributed by atoms with Crippen LogP contribution < -0.4 is 5.32 Å². The molecule has 2 amide bonds. The van der Waals surface area contributed by atoms with Crippen LogP contribution in [0.15, 0.2) is 53.1 Å². The lowest BCUT2D eigenvalue weighted by Gasteiger charge is -2.46. The monoisotopic (exact) mass is 585 g/mol. The number of amides is 2. The van der Waals surface area contributed by atoms with Crippen LogP contribution in [-0.2, 0) is 20.9 Å². The summed E-state index contributed by atoms with van der Waals surface area (Å²) in [6.45, 7) is 3.81. The van der Waals surface area contributed by atoms with Gasteiger partial charge in [-0.3, -0.25) is 19.3 Å². The number of carbonyl (C=O) groups excluding carboxylic acids is 3. The van der Waals surface area contributed by atoms with Gasteiger partial charge >= 0.3 is 5.97 Å². The van der Waals surface area contributed by atoms with Crippen molar-refractivity contribution in [2.24, 2.45) is 11.8 Å². The molecule has 9 nitrogen and oxygen atoms in total. The van der Waals surface area contributed by atoms with Crippen molar-refractivity contribution in [1.82, 2.24) is 9.80 Å². The number of hydrogen-bond donors (Lipinski definition) is 3. The highest BCUT2D eigenvalue weighted by Crippen LogP contribution is 2.52. The summed E-state index contributed by atoms with van der Waals surface area (Å²) in [5.41, 5.74) is 1.18. The molecule has 6 atom stereocenters. The van der Waals surface area contributed by atoms with Crippen LogP contribution in [0.5, 0.6) is 0 Å². The molecule has 41 heavy (non-hydrogen) atoms. The van der Waals surface area contributed by atoms with Gasteiger partial charge < -0.3 is 20.4 Å². The fraction of sp³-hybridized carbons (Fsp3) is 0.379. The molecule has 0 aromatic heterocycles. The smallest absolute Gasteiger partial charge is 0.353 e. The number of rotatable bonds is 9. The number of fused-ring (bicyclic) bond motifs is 1. The van der Waals surface area contributed by atoms with Crippen LogP contribution in [0.25, 0.3) is 0 Å². The molecule has 12 heteroatoms. The minimum Gasteiger partial charge on any atom is -0.477 e. The van der Waals surface area contributed by atoms with Crippen LogP contribution >= 0.6 is 11.8 Å². The molecule has 216 valence electrons. The highest BCUT2D eigenvalue weighted by Gasteiger charge is 2.60. The minimum atomic E-state index is -1.24. The van der Waals surface area contributed by atoms with Gasteiger partial charge in [0, 0.05) is 40.4 Å². The van der Waals surface area contributed by atoms with Gasteiger partial charge in [0.1, 0.15) is 12.0 Å². The first-order valence-corrected chi connectivity index (χ1v) is 14.1. The third kappa shape index (κ3) is 5.39. The van der Waals surface area contributed by atoms with Crippen molar-refractivity contribution in [3.8, 4) is 0 Å². The number of nitrogens with zero attached hydrogens (tertiary/aromatic N) is 2. The Balaban J connectivity index is 1.40. The van der Waals surface area contributed by atoms with Crippen molar-refractivity contribution < 1.29 is 38.2 Å². The number of carbonyl (C=O) groups is 4. The maximum absolute atomic E-state index is 14.0. The molecule has 3 N–H and O–H groups in total. The number of carboxylic acid groups (broad SMARTS) is 1. The van der Waals surface area contributed by atoms with Crippen molar-refractivity contribution in [2.45, 2.75) is 50.3 Å². The molecular weight excluding hydrogens is 556 g/mol. The number of benzene rings is 2. The Bertz CT molecular complexity index is 1450. The number of β-lactam (4-membered cyclic amide) rings is 1. The van der Waals surface area contributed by atoms with Crippen LogP contribution in [0.3, 0.4) is 0 Å². The predicted molar refractivity (Wildman–Crippen MR) is 147 cm³/mol. The van der Waals surface area contributed by atoms with Gasteiger partial charge in [0.2, 0.25) is 11.8 Å². The number of aldehydes is 1. The second-order valence-electron chi connectivity index (χ2n) is 10.7. The summed E-state index contributed by atoms with van der Waals surface area (Å²) in [5.74, 6) is -5.03. The first-order chi connectivity index (χ1) is 19.5. The van der Waals surface area contributed by atoms with Gasteiger partial charge in [-0.25, -0.2) is 13.6 Å². The molecule has 0 unspecified atom stereocenters. The molecule has 0 saturated carbocycles. The normalized spacial score (nSPS) is 26.5. The molecule has 3 aliphatic heterocycles. The van der Waals surface area contributed by atoms with E-state index < -0.39 is 47.6 Å². The maximum atomic E-state index is 14.0. The first-order valence-electron chi connectivity index (χ1n) is 13.2. The number of nitrogens with one attached hydrogen (secondary N) is 1. The number of aliphatic carboxylic acids is 1. The zero-order valence-corrected chi connectivity index (χ0v) is 23.1. The van der Waals surface area contributed by atoms with Crippen LogP contribution in [0.1, 0.15) is 36.2 Å². The van der Waals surface area contributed by atoms with E-state index in [9.17, 15) is 38.2 Å². The van der Waals surface area contributed by atoms with Gasteiger partial charge in [-0.1, -0.05) is 25.1 Å². The highest BCUT2D eigenvalue weighted by molar-refractivity contribution is 8.03. The van der Waals surface area contributed by atoms with E-state index in [1.807, 2.05) is 11.8 Å². The standard InChI is InChI=1S/C29H29F2N3O6S/c1-14-24-23(15(2)36)28(38)34(24)25(29(39)40)26(14)41-19-10-22(27(37)32-18-5-3-4-17(8-18)13-35)33(12-19)11-16-6-7-20(30)21(31)9-16/h3-9,13-15,19,22-24,36H,10-12H2,1-2H3,(H,32,37)(H,39,40)/t14-,15-,19+,22+,23-,24-/m1/s1. The molecule has 0 bridgehead atoms. The quantitative estimate of drug-likeness (QED) is 0.303. The Labute approximate surface area is 239 Å². The Morgan fingerprint density at radius 3 is 2.61 bits per heavy atom. The number of aliphatic hydroxyl groups is 1.